The third kappa shape index (κ3) is 6.81. The smallest absolute Gasteiger partial charge is 0.306 e. The van der Waals surface area contributed by atoms with Gasteiger partial charge in [0, 0.05) is 6.54 Å². The number of aliphatic hydroxyl groups is 1. The van der Waals surface area contributed by atoms with E-state index in [1.54, 1.807) is 6.92 Å². The minimum Gasteiger partial charge on any atom is -0.466 e. The van der Waals surface area contributed by atoms with Crippen LogP contribution in [0.25, 0.3) is 0 Å². The Bertz CT molecular complexity index is 261. The van der Waals surface area contributed by atoms with Crippen LogP contribution in [-0.2, 0) is 19.6 Å². The van der Waals surface area contributed by atoms with Crippen LogP contribution in [0.5, 0.6) is 0 Å². The monoisotopic (exact) mass is 225 g/mol. The van der Waals surface area contributed by atoms with Gasteiger partial charge in [0.1, 0.15) is 0 Å². The second-order valence-corrected chi connectivity index (χ2v) is 4.42. The fourth-order valence-electron chi connectivity index (χ4n) is 0.724. The molecule has 0 bridgehead atoms. The molecule has 0 heterocycles. The molecule has 2 N–H and O–H groups in total. The number of carbonyl (C=O) groups is 1. The molecule has 7 heteroatoms. The number of ether oxygens (including phenoxy) is 1. The van der Waals surface area contributed by atoms with E-state index < -0.39 is 16.0 Å². The van der Waals surface area contributed by atoms with E-state index in [0.29, 0.717) is 0 Å². The van der Waals surface area contributed by atoms with Gasteiger partial charge in [-0.25, -0.2) is 13.1 Å². The lowest BCUT2D eigenvalue weighted by Crippen LogP contribution is -2.30. The molecule has 0 unspecified atom stereocenters. The molecular formula is C7H15NO5S. The van der Waals surface area contributed by atoms with Crippen molar-refractivity contribution in [2.45, 2.75) is 13.3 Å². The average molecular weight is 225 g/mol. The lowest BCUT2D eigenvalue weighted by molar-refractivity contribution is -0.142. The highest BCUT2D eigenvalue weighted by molar-refractivity contribution is 7.89. The van der Waals surface area contributed by atoms with Gasteiger partial charge in [-0.1, -0.05) is 0 Å². The number of carbonyl (C=O) groups excluding carboxylic acids is 1. The molecule has 0 fully saturated rings. The number of hydrogen-bond acceptors (Lipinski definition) is 5. The quantitative estimate of drug-likeness (QED) is 0.534. The van der Waals surface area contributed by atoms with Gasteiger partial charge in [0.05, 0.1) is 25.4 Å². The zero-order valence-electron chi connectivity index (χ0n) is 8.02. The van der Waals surface area contributed by atoms with Gasteiger partial charge < -0.3 is 9.84 Å². The van der Waals surface area contributed by atoms with E-state index in [2.05, 4.69) is 9.46 Å². The molecule has 0 aromatic heterocycles. The highest BCUT2D eigenvalue weighted by Crippen LogP contribution is 1.92. The van der Waals surface area contributed by atoms with E-state index >= 15 is 0 Å². The zero-order valence-corrected chi connectivity index (χ0v) is 8.84. The van der Waals surface area contributed by atoms with Crippen molar-refractivity contribution in [3.8, 4) is 0 Å². The SMILES string of the molecule is CCOC(=O)CCS(=O)(=O)NCCO. The summed E-state index contributed by atoms with van der Waals surface area (Å²) in [7, 11) is -3.47. The third-order valence-electron chi connectivity index (χ3n) is 1.31. The molecule has 0 spiro atoms. The number of esters is 1. The van der Waals surface area contributed by atoms with E-state index in [9.17, 15) is 13.2 Å². The molecule has 6 nitrogen and oxygen atoms in total. The molecular weight excluding hydrogens is 210 g/mol. The lowest BCUT2D eigenvalue weighted by Gasteiger charge is -2.04. The summed E-state index contributed by atoms with van der Waals surface area (Å²) in [5, 5.41) is 8.37. The Kier molecular flexibility index (Phi) is 6.43. The minimum atomic E-state index is -3.47. The van der Waals surface area contributed by atoms with Crippen LogP contribution in [0.15, 0.2) is 0 Å². The predicted molar refractivity (Wildman–Crippen MR) is 50.1 cm³/mol. The van der Waals surface area contributed by atoms with Gasteiger partial charge in [0.25, 0.3) is 0 Å². The summed E-state index contributed by atoms with van der Waals surface area (Å²) in [4.78, 5) is 10.8. The third-order valence-corrected chi connectivity index (χ3v) is 2.70. The van der Waals surface area contributed by atoms with Crippen LogP contribution in [0.2, 0.25) is 0 Å². The molecule has 0 aliphatic rings. The highest BCUT2D eigenvalue weighted by atomic mass is 32.2. The summed E-state index contributed by atoms with van der Waals surface area (Å²) in [6.07, 6.45) is -0.172. The van der Waals surface area contributed by atoms with E-state index in [4.69, 9.17) is 5.11 Å². The van der Waals surface area contributed by atoms with E-state index in [1.807, 2.05) is 0 Å². The molecule has 84 valence electrons. The van der Waals surface area contributed by atoms with Crippen molar-refractivity contribution in [1.82, 2.24) is 4.72 Å². The van der Waals surface area contributed by atoms with Gasteiger partial charge in [-0.2, -0.15) is 0 Å². The van der Waals surface area contributed by atoms with E-state index in [-0.39, 0.29) is 31.9 Å². The second kappa shape index (κ2) is 6.74. The zero-order chi connectivity index (χ0) is 11.0. The van der Waals surface area contributed by atoms with Crippen LogP contribution in [0.1, 0.15) is 13.3 Å². The predicted octanol–water partition coefficient (Wildman–Crippen LogP) is -1.15. The van der Waals surface area contributed by atoms with Crippen molar-refractivity contribution in [1.29, 1.82) is 0 Å². The summed E-state index contributed by atoms with van der Waals surface area (Å²) in [5.74, 6) is -0.854. The Balaban J connectivity index is 3.81. The summed E-state index contributed by atoms with van der Waals surface area (Å²) in [6.45, 7) is 1.59. The number of sulfonamides is 1. The number of hydrogen-bond donors (Lipinski definition) is 2. The number of nitrogens with one attached hydrogen (secondary N) is 1. The van der Waals surface area contributed by atoms with Gasteiger partial charge in [-0.3, -0.25) is 4.79 Å². The normalized spacial score (nSPS) is 11.3. The Morgan fingerprint density at radius 2 is 2.14 bits per heavy atom. The molecule has 0 aliphatic carbocycles. The molecule has 14 heavy (non-hydrogen) atoms. The Hall–Kier alpha value is -0.660. The molecule has 0 aliphatic heterocycles. The topological polar surface area (TPSA) is 92.7 Å². The maximum Gasteiger partial charge on any atom is 0.306 e. The van der Waals surface area contributed by atoms with Crippen molar-refractivity contribution < 1.29 is 23.1 Å². The molecule has 0 aromatic carbocycles. The van der Waals surface area contributed by atoms with Gasteiger partial charge in [0.15, 0.2) is 0 Å². The molecule has 0 saturated heterocycles. The van der Waals surface area contributed by atoms with Crippen molar-refractivity contribution in [2.75, 3.05) is 25.5 Å². The molecule has 0 atom stereocenters. The largest absolute Gasteiger partial charge is 0.466 e. The van der Waals surface area contributed by atoms with Gasteiger partial charge >= 0.3 is 5.97 Å². The van der Waals surface area contributed by atoms with Crippen LogP contribution >= 0.6 is 0 Å². The Morgan fingerprint density at radius 1 is 1.50 bits per heavy atom. The van der Waals surface area contributed by atoms with E-state index in [1.165, 1.54) is 0 Å². The summed E-state index contributed by atoms with van der Waals surface area (Å²) >= 11 is 0. The van der Waals surface area contributed by atoms with Crippen molar-refractivity contribution in [3.05, 3.63) is 0 Å². The van der Waals surface area contributed by atoms with Crippen molar-refractivity contribution >= 4 is 16.0 Å². The molecule has 0 aromatic rings. The highest BCUT2D eigenvalue weighted by Gasteiger charge is 2.12. The van der Waals surface area contributed by atoms with Crippen LogP contribution in [0.4, 0.5) is 0 Å². The molecule has 0 amide bonds. The maximum absolute atomic E-state index is 11.1. The van der Waals surface area contributed by atoms with Crippen LogP contribution < -0.4 is 4.72 Å². The fourth-order valence-corrected chi connectivity index (χ4v) is 1.71. The summed E-state index contributed by atoms with van der Waals surface area (Å²) in [5.41, 5.74) is 0. The first-order valence-corrected chi connectivity index (χ1v) is 5.91. The first-order chi connectivity index (χ1) is 6.52. The van der Waals surface area contributed by atoms with Crippen LogP contribution in [-0.4, -0.2) is 45.0 Å². The summed E-state index contributed by atoms with van der Waals surface area (Å²) in [6, 6.07) is 0. The lowest BCUT2D eigenvalue weighted by atomic mass is 10.5. The van der Waals surface area contributed by atoms with Gasteiger partial charge in [-0.15, -0.1) is 0 Å². The summed E-state index contributed by atoms with van der Waals surface area (Å²) < 4.78 is 28.8. The molecule has 0 rings (SSSR count). The Morgan fingerprint density at radius 3 is 2.64 bits per heavy atom. The number of aliphatic hydroxyl groups excluding tert-OH is 1. The fraction of sp³-hybridized carbons (Fsp3) is 0.857. The molecule has 0 saturated carbocycles. The standard InChI is InChI=1S/C7H15NO5S/c1-2-13-7(10)3-6-14(11,12)8-4-5-9/h8-9H,2-6H2,1H3. The van der Waals surface area contributed by atoms with Crippen LogP contribution in [0, 0.1) is 0 Å². The van der Waals surface area contributed by atoms with Crippen molar-refractivity contribution in [3.63, 3.8) is 0 Å². The first kappa shape index (κ1) is 13.3. The van der Waals surface area contributed by atoms with Crippen molar-refractivity contribution in [2.24, 2.45) is 0 Å². The van der Waals surface area contributed by atoms with E-state index in [0.717, 1.165) is 0 Å². The number of rotatable bonds is 7. The maximum atomic E-state index is 11.1. The van der Waals surface area contributed by atoms with Gasteiger partial charge in [0.2, 0.25) is 10.0 Å². The molecule has 0 radical (unpaired) electrons. The Labute approximate surface area is 83.3 Å². The van der Waals surface area contributed by atoms with Crippen LogP contribution in [0.3, 0.4) is 0 Å². The van der Waals surface area contributed by atoms with Gasteiger partial charge in [-0.05, 0) is 6.92 Å². The minimum absolute atomic E-state index is 0.0365. The average Bonchev–Trinajstić information content (AvgIpc) is 2.13. The first-order valence-electron chi connectivity index (χ1n) is 4.25. The second-order valence-electron chi connectivity index (χ2n) is 2.49.